The van der Waals surface area contributed by atoms with E-state index in [4.69, 9.17) is 0 Å². The number of nitrogens with one attached hydrogen (secondary N) is 1. The molecule has 1 amide bonds. The molecule has 0 bridgehead atoms. The maximum atomic E-state index is 12.6. The topological polar surface area (TPSA) is 35.6 Å². The van der Waals surface area contributed by atoms with Crippen LogP contribution in [0.3, 0.4) is 0 Å². The molecule has 0 aromatic heterocycles. The first-order valence-corrected chi connectivity index (χ1v) is 9.30. The summed E-state index contributed by atoms with van der Waals surface area (Å²) in [7, 11) is 0. The molecule has 136 valence electrons. The Bertz CT molecular complexity index is 509. The van der Waals surface area contributed by atoms with Crippen LogP contribution in [0.15, 0.2) is 24.3 Å². The summed E-state index contributed by atoms with van der Waals surface area (Å²) in [5.74, 6) is 2.63. The van der Waals surface area contributed by atoms with Gasteiger partial charge in [0.25, 0.3) is 5.91 Å². The van der Waals surface area contributed by atoms with Crippen LogP contribution >= 0.6 is 36.6 Å². The number of thioether (sulfide) groups is 1. The number of hydrogen-bond donors (Lipinski definition) is 1. The van der Waals surface area contributed by atoms with Crippen LogP contribution < -0.4 is 5.32 Å². The molecule has 0 radical (unpaired) electrons. The van der Waals surface area contributed by atoms with Crippen molar-refractivity contribution >= 4 is 42.5 Å². The van der Waals surface area contributed by atoms with E-state index in [0.29, 0.717) is 0 Å². The van der Waals surface area contributed by atoms with E-state index in [1.54, 1.807) is 0 Å². The van der Waals surface area contributed by atoms with Crippen molar-refractivity contribution in [1.82, 2.24) is 15.1 Å². The second-order valence-electron chi connectivity index (χ2n) is 6.14. The quantitative estimate of drug-likeness (QED) is 0.858. The largest absolute Gasteiger partial charge is 0.333 e. The standard InChI is InChI=1S/C17H25N3OS.2ClH/c1-14-12-18-6-7-20(14)17(21)16-4-2-15(3-5-16)13-19-8-10-22-11-9-19;;/h2-5,14,18H,6-13H2,1H3;2*1H/t14-;;/m1../s1. The second kappa shape index (κ2) is 10.5. The lowest BCUT2D eigenvalue weighted by atomic mass is 10.1. The van der Waals surface area contributed by atoms with Gasteiger partial charge in [0.05, 0.1) is 0 Å². The van der Waals surface area contributed by atoms with Gasteiger partial charge in [0.2, 0.25) is 0 Å². The molecule has 1 atom stereocenters. The Morgan fingerprint density at radius 3 is 2.46 bits per heavy atom. The van der Waals surface area contributed by atoms with E-state index in [1.807, 2.05) is 28.8 Å². The van der Waals surface area contributed by atoms with Gasteiger partial charge >= 0.3 is 0 Å². The predicted octanol–water partition coefficient (Wildman–Crippen LogP) is 2.51. The molecular weight excluding hydrogens is 365 g/mol. The first-order chi connectivity index (χ1) is 10.7. The summed E-state index contributed by atoms with van der Waals surface area (Å²) in [5.41, 5.74) is 2.11. The van der Waals surface area contributed by atoms with Gasteiger partial charge in [0.15, 0.2) is 0 Å². The lowest BCUT2D eigenvalue weighted by Gasteiger charge is -2.34. The van der Waals surface area contributed by atoms with Crippen LogP contribution in [-0.4, -0.2) is 66.0 Å². The third-order valence-corrected chi connectivity index (χ3v) is 5.42. The minimum Gasteiger partial charge on any atom is -0.333 e. The Balaban J connectivity index is 0.00000144. The average molecular weight is 392 g/mol. The first kappa shape index (κ1) is 21.6. The summed E-state index contributed by atoms with van der Waals surface area (Å²) < 4.78 is 0. The molecule has 2 saturated heterocycles. The fraction of sp³-hybridized carbons (Fsp3) is 0.588. The third-order valence-electron chi connectivity index (χ3n) is 4.47. The molecular formula is C17H27Cl2N3OS. The average Bonchev–Trinajstić information content (AvgIpc) is 2.56. The van der Waals surface area contributed by atoms with Gasteiger partial charge in [-0.15, -0.1) is 24.8 Å². The van der Waals surface area contributed by atoms with E-state index < -0.39 is 0 Å². The van der Waals surface area contributed by atoms with Crippen molar-refractivity contribution in [1.29, 1.82) is 0 Å². The lowest BCUT2D eigenvalue weighted by Crippen LogP contribution is -2.52. The van der Waals surface area contributed by atoms with Crippen LogP contribution in [0.1, 0.15) is 22.8 Å². The van der Waals surface area contributed by atoms with E-state index in [9.17, 15) is 4.79 Å². The molecule has 1 aromatic carbocycles. The predicted molar refractivity (Wildman–Crippen MR) is 107 cm³/mol. The fourth-order valence-electron chi connectivity index (χ4n) is 3.08. The summed E-state index contributed by atoms with van der Waals surface area (Å²) in [4.78, 5) is 17.1. The van der Waals surface area contributed by atoms with Gasteiger partial charge < -0.3 is 10.2 Å². The highest BCUT2D eigenvalue weighted by molar-refractivity contribution is 7.99. The SMILES string of the molecule is C[C@@H]1CNCCN1C(=O)c1ccc(CN2CCSCC2)cc1.Cl.Cl. The Morgan fingerprint density at radius 1 is 1.17 bits per heavy atom. The molecule has 0 unspecified atom stereocenters. The number of rotatable bonds is 3. The van der Waals surface area contributed by atoms with Gasteiger partial charge in [-0.25, -0.2) is 0 Å². The van der Waals surface area contributed by atoms with Gasteiger partial charge in [-0.05, 0) is 24.6 Å². The smallest absolute Gasteiger partial charge is 0.254 e. The van der Waals surface area contributed by atoms with Gasteiger partial charge in [-0.2, -0.15) is 11.8 Å². The van der Waals surface area contributed by atoms with Gasteiger partial charge in [-0.1, -0.05) is 12.1 Å². The minimum atomic E-state index is 0. The number of carbonyl (C=O) groups is 1. The Kier molecular flexibility index (Phi) is 9.45. The van der Waals surface area contributed by atoms with Gasteiger partial charge in [0, 0.05) is 62.4 Å². The summed E-state index contributed by atoms with van der Waals surface area (Å²) in [6.45, 7) is 8.02. The third kappa shape index (κ3) is 5.53. The molecule has 0 spiro atoms. The highest BCUT2D eigenvalue weighted by atomic mass is 35.5. The van der Waals surface area contributed by atoms with E-state index in [0.717, 1.165) is 31.7 Å². The van der Waals surface area contributed by atoms with Crippen LogP contribution in [-0.2, 0) is 6.54 Å². The Hall–Kier alpha value is -0.460. The number of carbonyl (C=O) groups excluding carboxylic acids is 1. The Labute approximate surface area is 161 Å². The van der Waals surface area contributed by atoms with Crippen molar-refractivity contribution in [3.05, 3.63) is 35.4 Å². The number of piperazine rings is 1. The number of halogens is 2. The highest BCUT2D eigenvalue weighted by Gasteiger charge is 2.23. The Morgan fingerprint density at radius 2 is 1.83 bits per heavy atom. The second-order valence-corrected chi connectivity index (χ2v) is 7.36. The van der Waals surface area contributed by atoms with Crippen molar-refractivity contribution in [3.8, 4) is 0 Å². The summed E-state index contributed by atoms with van der Waals surface area (Å²) in [6, 6.07) is 8.48. The molecule has 0 saturated carbocycles. The fourth-order valence-corrected chi connectivity index (χ4v) is 4.06. The molecule has 4 nitrogen and oxygen atoms in total. The molecule has 1 aromatic rings. The number of benzene rings is 1. The van der Waals surface area contributed by atoms with E-state index in [-0.39, 0.29) is 36.8 Å². The number of hydrogen-bond acceptors (Lipinski definition) is 4. The molecule has 7 heteroatoms. The van der Waals surface area contributed by atoms with Crippen LogP contribution in [0.5, 0.6) is 0 Å². The normalized spacial score (nSPS) is 21.5. The molecule has 2 fully saturated rings. The van der Waals surface area contributed by atoms with Crippen LogP contribution in [0.2, 0.25) is 0 Å². The van der Waals surface area contributed by atoms with E-state index in [2.05, 4.69) is 29.3 Å². The molecule has 24 heavy (non-hydrogen) atoms. The van der Waals surface area contributed by atoms with Crippen LogP contribution in [0, 0.1) is 0 Å². The molecule has 2 aliphatic heterocycles. The molecule has 0 aliphatic carbocycles. The van der Waals surface area contributed by atoms with Crippen molar-refractivity contribution in [3.63, 3.8) is 0 Å². The van der Waals surface area contributed by atoms with E-state index in [1.165, 1.54) is 30.2 Å². The molecule has 2 heterocycles. The van der Waals surface area contributed by atoms with Crippen molar-refractivity contribution in [2.75, 3.05) is 44.2 Å². The first-order valence-electron chi connectivity index (χ1n) is 8.15. The lowest BCUT2D eigenvalue weighted by molar-refractivity contribution is 0.0655. The van der Waals surface area contributed by atoms with Gasteiger partial charge in [-0.3, -0.25) is 9.69 Å². The zero-order valence-corrected chi connectivity index (χ0v) is 16.5. The zero-order chi connectivity index (χ0) is 15.4. The zero-order valence-electron chi connectivity index (χ0n) is 14.1. The monoisotopic (exact) mass is 391 g/mol. The maximum Gasteiger partial charge on any atom is 0.254 e. The highest BCUT2D eigenvalue weighted by Crippen LogP contribution is 2.15. The van der Waals surface area contributed by atoms with Crippen molar-refractivity contribution in [2.45, 2.75) is 19.5 Å². The van der Waals surface area contributed by atoms with Crippen molar-refractivity contribution < 1.29 is 4.79 Å². The summed E-state index contributed by atoms with van der Waals surface area (Å²) in [6.07, 6.45) is 0. The molecule has 3 rings (SSSR count). The molecule has 2 aliphatic rings. The van der Waals surface area contributed by atoms with Crippen LogP contribution in [0.4, 0.5) is 0 Å². The maximum absolute atomic E-state index is 12.6. The minimum absolute atomic E-state index is 0. The molecule has 1 N–H and O–H groups in total. The van der Waals surface area contributed by atoms with Crippen LogP contribution in [0.25, 0.3) is 0 Å². The number of nitrogens with zero attached hydrogens (tertiary/aromatic N) is 2. The number of amides is 1. The summed E-state index contributed by atoms with van der Waals surface area (Å²) >= 11 is 2.03. The van der Waals surface area contributed by atoms with Gasteiger partial charge in [0.1, 0.15) is 0 Å². The van der Waals surface area contributed by atoms with Crippen molar-refractivity contribution in [2.24, 2.45) is 0 Å². The summed E-state index contributed by atoms with van der Waals surface area (Å²) in [5, 5.41) is 3.32. The van der Waals surface area contributed by atoms with E-state index >= 15 is 0 Å².